The van der Waals surface area contributed by atoms with Gasteiger partial charge in [-0.3, -0.25) is 0 Å². The second kappa shape index (κ2) is 8.20. The monoisotopic (exact) mass is 348 g/mol. The Morgan fingerprint density at radius 2 is 2.17 bits per heavy atom. The first-order valence-electron chi connectivity index (χ1n) is 7.48. The van der Waals surface area contributed by atoms with Gasteiger partial charge in [0.25, 0.3) is 0 Å². The topological polar surface area (TPSA) is 68.8 Å². The van der Waals surface area contributed by atoms with Crippen LogP contribution in [0.2, 0.25) is 0 Å². The molecule has 0 bridgehead atoms. The number of rotatable bonds is 5. The maximum atomic E-state index is 13.0. The molecule has 2 rings (SSSR count). The molecular weight excluding hydrogens is 329 g/mol. The zero-order valence-corrected chi connectivity index (χ0v) is 13.1. The Balaban J connectivity index is 1.97. The summed E-state index contributed by atoms with van der Waals surface area (Å²) in [4.78, 5) is 11.8. The van der Waals surface area contributed by atoms with Gasteiger partial charge in [-0.15, -0.1) is 0 Å². The smallest absolute Gasteiger partial charge is 0.420 e. The number of benzene rings is 1. The minimum atomic E-state index is -4.58. The molecule has 0 radical (unpaired) electrons. The molecule has 1 aliphatic rings. The van der Waals surface area contributed by atoms with Crippen LogP contribution in [0.5, 0.6) is 5.75 Å². The molecule has 1 unspecified atom stereocenters. The van der Waals surface area contributed by atoms with Gasteiger partial charge in [0.1, 0.15) is 5.75 Å². The number of nitrogens with one attached hydrogen (secondary N) is 2. The van der Waals surface area contributed by atoms with Crippen molar-refractivity contribution in [2.24, 2.45) is 0 Å². The van der Waals surface area contributed by atoms with Crippen LogP contribution in [0, 0.1) is 0 Å². The first-order valence-corrected chi connectivity index (χ1v) is 7.48. The van der Waals surface area contributed by atoms with Gasteiger partial charge in [0.05, 0.1) is 38.1 Å². The molecular formula is C15H19F3N2O4. The molecule has 6 nitrogen and oxygen atoms in total. The van der Waals surface area contributed by atoms with Gasteiger partial charge in [0.2, 0.25) is 0 Å². The minimum Gasteiger partial charge on any atom is -0.493 e. The lowest BCUT2D eigenvalue weighted by Crippen LogP contribution is -2.41. The van der Waals surface area contributed by atoms with Crippen molar-refractivity contribution in [2.45, 2.75) is 19.2 Å². The third kappa shape index (κ3) is 5.27. The van der Waals surface area contributed by atoms with E-state index in [9.17, 15) is 18.0 Å². The van der Waals surface area contributed by atoms with E-state index in [1.807, 2.05) is 0 Å². The molecule has 24 heavy (non-hydrogen) atoms. The fourth-order valence-electron chi connectivity index (χ4n) is 2.15. The van der Waals surface area contributed by atoms with E-state index in [4.69, 9.17) is 14.2 Å². The fraction of sp³-hybridized carbons (Fsp3) is 0.533. The number of alkyl halides is 3. The van der Waals surface area contributed by atoms with Gasteiger partial charge in [0.15, 0.2) is 0 Å². The molecule has 0 aromatic heterocycles. The van der Waals surface area contributed by atoms with Crippen LogP contribution >= 0.6 is 0 Å². The van der Waals surface area contributed by atoms with Crippen LogP contribution in [0.15, 0.2) is 18.2 Å². The average molecular weight is 348 g/mol. The van der Waals surface area contributed by atoms with Crippen molar-refractivity contribution in [1.29, 1.82) is 0 Å². The Hall–Kier alpha value is -2.00. The van der Waals surface area contributed by atoms with Crippen molar-refractivity contribution in [3.8, 4) is 5.75 Å². The molecule has 1 aliphatic heterocycles. The molecule has 134 valence electrons. The highest BCUT2D eigenvalue weighted by Gasteiger charge is 2.34. The summed E-state index contributed by atoms with van der Waals surface area (Å²) in [6.07, 6.45) is -4.85. The molecule has 2 N–H and O–H groups in total. The van der Waals surface area contributed by atoms with Gasteiger partial charge < -0.3 is 24.8 Å². The minimum absolute atomic E-state index is 0.0177. The predicted molar refractivity (Wildman–Crippen MR) is 80.2 cm³/mol. The molecule has 9 heteroatoms. The highest BCUT2D eigenvalue weighted by molar-refractivity contribution is 5.89. The molecule has 1 aromatic rings. The Morgan fingerprint density at radius 3 is 2.79 bits per heavy atom. The lowest BCUT2D eigenvalue weighted by molar-refractivity contribution is -0.138. The van der Waals surface area contributed by atoms with Crippen LogP contribution in [-0.2, 0) is 15.7 Å². The maximum absolute atomic E-state index is 13.0. The first kappa shape index (κ1) is 18.3. The van der Waals surface area contributed by atoms with Crippen LogP contribution in [0.25, 0.3) is 0 Å². The van der Waals surface area contributed by atoms with Crippen LogP contribution in [0.4, 0.5) is 23.7 Å². The number of carbonyl (C=O) groups is 1. The second-order valence-corrected chi connectivity index (χ2v) is 5.04. The lowest BCUT2D eigenvalue weighted by atomic mass is 10.1. The molecule has 0 spiro atoms. The van der Waals surface area contributed by atoms with Crippen molar-refractivity contribution < 1.29 is 32.2 Å². The number of hydrogen-bond acceptors (Lipinski definition) is 4. The van der Waals surface area contributed by atoms with E-state index in [-0.39, 0.29) is 30.7 Å². The van der Waals surface area contributed by atoms with E-state index in [0.29, 0.717) is 19.8 Å². The van der Waals surface area contributed by atoms with Gasteiger partial charge in [-0.1, -0.05) is 0 Å². The molecule has 1 aromatic carbocycles. The molecule has 0 saturated carbocycles. The Kier molecular flexibility index (Phi) is 6.27. The van der Waals surface area contributed by atoms with Gasteiger partial charge in [-0.2, -0.15) is 13.2 Å². The van der Waals surface area contributed by atoms with Crippen molar-refractivity contribution in [1.82, 2.24) is 5.32 Å². The summed E-state index contributed by atoms with van der Waals surface area (Å²) in [6, 6.07) is 2.74. The third-order valence-electron chi connectivity index (χ3n) is 3.22. The highest BCUT2D eigenvalue weighted by Crippen LogP contribution is 2.37. The lowest BCUT2D eigenvalue weighted by Gasteiger charge is -2.23. The summed E-state index contributed by atoms with van der Waals surface area (Å²) in [5, 5.41) is 4.89. The SMILES string of the molecule is CCOc1ccc(NC(=O)NCC2COCCO2)cc1C(F)(F)F. The molecule has 1 atom stereocenters. The van der Waals surface area contributed by atoms with Gasteiger partial charge in [-0.05, 0) is 25.1 Å². The van der Waals surface area contributed by atoms with Crippen molar-refractivity contribution in [3.63, 3.8) is 0 Å². The first-order chi connectivity index (χ1) is 11.4. The Bertz CT molecular complexity index is 560. The van der Waals surface area contributed by atoms with Crippen molar-refractivity contribution in [2.75, 3.05) is 38.3 Å². The van der Waals surface area contributed by atoms with E-state index in [1.165, 1.54) is 12.1 Å². The van der Waals surface area contributed by atoms with E-state index >= 15 is 0 Å². The zero-order valence-electron chi connectivity index (χ0n) is 13.1. The summed E-state index contributed by atoms with van der Waals surface area (Å²) in [5.74, 6) is -0.274. The predicted octanol–water partition coefficient (Wildman–Crippen LogP) is 2.64. The molecule has 0 aliphatic carbocycles. The summed E-state index contributed by atoms with van der Waals surface area (Å²) in [6.45, 7) is 3.23. The zero-order chi connectivity index (χ0) is 17.6. The number of halogens is 3. The number of amides is 2. The quantitative estimate of drug-likeness (QED) is 0.858. The molecule has 1 saturated heterocycles. The maximum Gasteiger partial charge on any atom is 0.420 e. The summed E-state index contributed by atoms with van der Waals surface area (Å²) in [7, 11) is 0. The standard InChI is InChI=1S/C15H19F3N2O4/c1-2-23-13-4-3-10(7-12(13)15(16,17)18)20-14(21)19-8-11-9-22-5-6-24-11/h3-4,7,11H,2,5-6,8-9H2,1H3,(H2,19,20,21). The normalized spacial score (nSPS) is 18.1. The van der Waals surface area contributed by atoms with Crippen molar-refractivity contribution in [3.05, 3.63) is 23.8 Å². The molecule has 2 amide bonds. The number of urea groups is 1. The fourth-order valence-corrected chi connectivity index (χ4v) is 2.15. The third-order valence-corrected chi connectivity index (χ3v) is 3.22. The summed E-state index contributed by atoms with van der Waals surface area (Å²) in [5.41, 5.74) is -0.921. The van der Waals surface area contributed by atoms with Gasteiger partial charge in [0, 0.05) is 12.2 Å². The van der Waals surface area contributed by atoms with Crippen LogP contribution in [-0.4, -0.2) is 45.1 Å². The number of anilines is 1. The van der Waals surface area contributed by atoms with Crippen molar-refractivity contribution >= 4 is 11.7 Å². The van der Waals surface area contributed by atoms with Gasteiger partial charge in [-0.25, -0.2) is 4.79 Å². The van der Waals surface area contributed by atoms with E-state index in [1.54, 1.807) is 6.92 Å². The molecule has 1 heterocycles. The van der Waals surface area contributed by atoms with Gasteiger partial charge >= 0.3 is 12.2 Å². The van der Waals surface area contributed by atoms with E-state index in [0.717, 1.165) is 6.07 Å². The second-order valence-electron chi connectivity index (χ2n) is 5.04. The largest absolute Gasteiger partial charge is 0.493 e. The number of ether oxygens (including phenoxy) is 3. The van der Waals surface area contributed by atoms with Crippen LogP contribution in [0.3, 0.4) is 0 Å². The van der Waals surface area contributed by atoms with Crippen LogP contribution in [0.1, 0.15) is 12.5 Å². The van der Waals surface area contributed by atoms with Crippen LogP contribution < -0.4 is 15.4 Å². The van der Waals surface area contributed by atoms with E-state index in [2.05, 4.69) is 10.6 Å². The summed E-state index contributed by atoms with van der Waals surface area (Å²) >= 11 is 0. The Morgan fingerprint density at radius 1 is 1.38 bits per heavy atom. The number of hydrogen-bond donors (Lipinski definition) is 2. The summed E-state index contributed by atoms with van der Waals surface area (Å²) < 4.78 is 54.6. The average Bonchev–Trinajstić information content (AvgIpc) is 2.54. The highest BCUT2D eigenvalue weighted by atomic mass is 19.4. The Labute approximate surface area is 137 Å². The number of carbonyl (C=O) groups excluding carboxylic acids is 1. The van der Waals surface area contributed by atoms with E-state index < -0.39 is 17.8 Å². The molecule has 1 fully saturated rings.